The topological polar surface area (TPSA) is 180 Å². The highest BCUT2D eigenvalue weighted by Crippen LogP contribution is 2.35. The summed E-state index contributed by atoms with van der Waals surface area (Å²) < 4.78 is 5.23. The number of nitrogens with one attached hydrogen (secondary N) is 3. The molecular formula is C37H45N5O7. The van der Waals surface area contributed by atoms with E-state index in [0.717, 1.165) is 5.56 Å². The van der Waals surface area contributed by atoms with Gasteiger partial charge in [0.2, 0.25) is 17.7 Å². The summed E-state index contributed by atoms with van der Waals surface area (Å²) in [5.74, 6) is -3.14. The van der Waals surface area contributed by atoms with E-state index < -0.39 is 60.0 Å². The zero-order chi connectivity index (χ0) is 35.6. The lowest BCUT2D eigenvalue weighted by molar-refractivity contribution is -0.147. The number of primary amides is 1. The van der Waals surface area contributed by atoms with Gasteiger partial charge >= 0.3 is 6.09 Å². The zero-order valence-electron chi connectivity index (χ0n) is 28.0. The molecule has 0 spiro atoms. The molecule has 49 heavy (non-hydrogen) atoms. The fourth-order valence-corrected chi connectivity index (χ4v) is 5.91. The van der Waals surface area contributed by atoms with Gasteiger partial charge in [-0.2, -0.15) is 0 Å². The number of carbonyl (C=O) groups excluding carboxylic acids is 5. The van der Waals surface area contributed by atoms with Crippen LogP contribution in [-0.4, -0.2) is 76.0 Å². The smallest absolute Gasteiger partial charge is 0.408 e. The number of alkyl carbamates (subject to hydrolysis) is 1. The Bertz CT molecular complexity index is 1580. The molecule has 6 N–H and O–H groups in total. The van der Waals surface area contributed by atoms with Gasteiger partial charge in [-0.15, -0.1) is 0 Å². The van der Waals surface area contributed by atoms with Crippen LogP contribution in [0.4, 0.5) is 4.79 Å². The Hall–Kier alpha value is -5.23. The minimum absolute atomic E-state index is 0.0238. The van der Waals surface area contributed by atoms with Crippen molar-refractivity contribution in [1.29, 1.82) is 0 Å². The highest BCUT2D eigenvalue weighted by Gasteiger charge is 2.46. The minimum atomic E-state index is -1.79. The Labute approximate surface area is 286 Å². The molecule has 3 aromatic rings. The molecule has 5 amide bonds. The van der Waals surface area contributed by atoms with Crippen LogP contribution in [0.1, 0.15) is 56.2 Å². The summed E-state index contributed by atoms with van der Waals surface area (Å²) in [5, 5.41) is 19.7. The predicted octanol–water partition coefficient (Wildman–Crippen LogP) is 2.54. The summed E-state index contributed by atoms with van der Waals surface area (Å²) >= 11 is 0. The van der Waals surface area contributed by atoms with Gasteiger partial charge in [-0.05, 0) is 50.3 Å². The fourth-order valence-electron chi connectivity index (χ4n) is 5.91. The lowest BCUT2D eigenvalue weighted by Crippen LogP contribution is -2.59. The number of amides is 5. The molecule has 3 aromatic carbocycles. The summed E-state index contributed by atoms with van der Waals surface area (Å²) in [6, 6.07) is 23.6. The molecule has 260 valence electrons. The van der Waals surface area contributed by atoms with Crippen molar-refractivity contribution >= 4 is 29.7 Å². The van der Waals surface area contributed by atoms with Gasteiger partial charge in [-0.1, -0.05) is 91.0 Å². The van der Waals surface area contributed by atoms with Crippen LogP contribution in [0.5, 0.6) is 0 Å². The van der Waals surface area contributed by atoms with E-state index in [1.54, 1.807) is 54.6 Å². The first-order chi connectivity index (χ1) is 23.3. The van der Waals surface area contributed by atoms with Crippen molar-refractivity contribution in [2.75, 3.05) is 6.54 Å². The van der Waals surface area contributed by atoms with Gasteiger partial charge in [-0.3, -0.25) is 19.2 Å². The molecule has 0 saturated carbocycles. The molecule has 12 nitrogen and oxygen atoms in total. The van der Waals surface area contributed by atoms with Crippen LogP contribution in [0, 0.1) is 0 Å². The van der Waals surface area contributed by atoms with E-state index in [1.807, 2.05) is 57.2 Å². The number of ether oxygens (including phenoxy) is 1. The fraction of sp³-hybridized carbons (Fsp3) is 0.378. The molecule has 1 aliphatic rings. The number of rotatable bonds is 13. The van der Waals surface area contributed by atoms with Crippen LogP contribution in [0.3, 0.4) is 0 Å². The van der Waals surface area contributed by atoms with Crippen molar-refractivity contribution in [3.05, 3.63) is 108 Å². The van der Waals surface area contributed by atoms with E-state index in [0.29, 0.717) is 17.5 Å². The Morgan fingerprint density at radius 1 is 0.878 bits per heavy atom. The SMILES string of the molecule is CC(C)(C)NC(=O)[C@@H]1[C@@H](c2ccccc2)CCN1C(=O)[C@@H](O)[C@H](Cc1ccccc1)NC(=O)[C@H](CC(N)=O)NC(=O)OCc1ccccc1. The van der Waals surface area contributed by atoms with Gasteiger partial charge in [0, 0.05) is 18.0 Å². The molecule has 1 aliphatic heterocycles. The van der Waals surface area contributed by atoms with Gasteiger partial charge in [0.1, 0.15) is 18.7 Å². The molecule has 0 bridgehead atoms. The van der Waals surface area contributed by atoms with E-state index in [9.17, 15) is 29.1 Å². The number of aliphatic hydroxyl groups is 1. The maximum absolute atomic E-state index is 14.1. The van der Waals surface area contributed by atoms with Crippen molar-refractivity contribution in [3.63, 3.8) is 0 Å². The minimum Gasteiger partial charge on any atom is -0.445 e. The van der Waals surface area contributed by atoms with Crippen LogP contribution >= 0.6 is 0 Å². The average molecular weight is 672 g/mol. The van der Waals surface area contributed by atoms with Crippen molar-refractivity contribution in [1.82, 2.24) is 20.9 Å². The van der Waals surface area contributed by atoms with Gasteiger partial charge in [0.15, 0.2) is 6.10 Å². The van der Waals surface area contributed by atoms with Crippen molar-refractivity contribution in [3.8, 4) is 0 Å². The lowest BCUT2D eigenvalue weighted by atomic mass is 9.90. The van der Waals surface area contributed by atoms with Crippen LogP contribution in [0.15, 0.2) is 91.0 Å². The zero-order valence-corrected chi connectivity index (χ0v) is 28.0. The maximum atomic E-state index is 14.1. The van der Waals surface area contributed by atoms with Crippen molar-refractivity contribution in [2.45, 2.75) is 82.3 Å². The van der Waals surface area contributed by atoms with Gasteiger partial charge in [0.05, 0.1) is 12.5 Å². The number of hydrogen-bond acceptors (Lipinski definition) is 7. The number of hydrogen-bond donors (Lipinski definition) is 5. The summed E-state index contributed by atoms with van der Waals surface area (Å²) in [6.07, 6.45) is -2.80. The third kappa shape index (κ3) is 10.6. The third-order valence-electron chi connectivity index (χ3n) is 8.16. The number of likely N-dealkylation sites (tertiary alicyclic amines) is 1. The molecule has 1 saturated heterocycles. The summed E-state index contributed by atoms with van der Waals surface area (Å²) in [5.41, 5.74) is 7.12. The maximum Gasteiger partial charge on any atom is 0.408 e. The normalized spacial score (nSPS) is 17.7. The number of carbonyl (C=O) groups is 5. The monoisotopic (exact) mass is 671 g/mol. The molecule has 5 atom stereocenters. The second kappa shape index (κ2) is 16.7. The molecule has 1 heterocycles. The second-order valence-corrected chi connectivity index (χ2v) is 13.2. The molecule has 0 unspecified atom stereocenters. The van der Waals surface area contributed by atoms with Crippen molar-refractivity contribution < 1.29 is 33.8 Å². The van der Waals surface area contributed by atoms with E-state index in [-0.39, 0.29) is 31.4 Å². The van der Waals surface area contributed by atoms with Crippen LogP contribution in [0.25, 0.3) is 0 Å². The largest absolute Gasteiger partial charge is 0.445 e. The molecular weight excluding hydrogens is 626 g/mol. The van der Waals surface area contributed by atoms with E-state index >= 15 is 0 Å². The Morgan fingerprint density at radius 3 is 2.02 bits per heavy atom. The predicted molar refractivity (Wildman–Crippen MR) is 183 cm³/mol. The standard InChI is InChI=1S/C37H45N5O7/c1-37(2,3)41-34(46)31-27(26-17-11-6-12-18-26)19-20-42(31)35(47)32(44)28(21-24-13-7-4-8-14-24)39-33(45)29(22-30(38)43)40-36(48)49-23-25-15-9-5-10-16-25/h4-18,27-29,31-32,44H,19-23H2,1-3H3,(H2,38,43)(H,39,45)(H,40,48)(H,41,46)/t27-,28+,29+,31+,32+/m1/s1. The van der Waals surface area contributed by atoms with Crippen LogP contribution < -0.4 is 21.7 Å². The Morgan fingerprint density at radius 2 is 1.45 bits per heavy atom. The molecule has 1 fully saturated rings. The molecule has 0 aliphatic carbocycles. The third-order valence-corrected chi connectivity index (χ3v) is 8.16. The van der Waals surface area contributed by atoms with Gasteiger partial charge in [-0.25, -0.2) is 4.79 Å². The van der Waals surface area contributed by atoms with E-state index in [1.165, 1.54) is 4.90 Å². The van der Waals surface area contributed by atoms with Gasteiger partial charge in [0.25, 0.3) is 5.91 Å². The molecule has 4 rings (SSSR count). The second-order valence-electron chi connectivity index (χ2n) is 13.2. The van der Waals surface area contributed by atoms with E-state index in [2.05, 4.69) is 16.0 Å². The summed E-state index contributed by atoms with van der Waals surface area (Å²) in [4.78, 5) is 67.4. The van der Waals surface area contributed by atoms with Crippen molar-refractivity contribution in [2.24, 2.45) is 5.73 Å². The number of benzene rings is 3. The summed E-state index contributed by atoms with van der Waals surface area (Å²) in [7, 11) is 0. The average Bonchev–Trinajstić information content (AvgIpc) is 3.52. The lowest BCUT2D eigenvalue weighted by Gasteiger charge is -2.34. The highest BCUT2D eigenvalue weighted by molar-refractivity contribution is 5.93. The Balaban J connectivity index is 1.56. The summed E-state index contributed by atoms with van der Waals surface area (Å²) in [6.45, 7) is 5.65. The number of nitrogens with zero attached hydrogens (tertiary/aromatic N) is 1. The van der Waals surface area contributed by atoms with Gasteiger partial charge < -0.3 is 36.4 Å². The van der Waals surface area contributed by atoms with Crippen LogP contribution in [-0.2, 0) is 36.9 Å². The van der Waals surface area contributed by atoms with Crippen LogP contribution in [0.2, 0.25) is 0 Å². The number of aliphatic hydroxyl groups excluding tert-OH is 1. The van der Waals surface area contributed by atoms with E-state index in [4.69, 9.17) is 10.5 Å². The first kappa shape index (κ1) is 36.6. The highest BCUT2D eigenvalue weighted by atomic mass is 16.5. The molecule has 0 radical (unpaired) electrons. The Kier molecular flexibility index (Phi) is 12.5. The quantitative estimate of drug-likeness (QED) is 0.185. The molecule has 0 aromatic heterocycles. The first-order valence-electron chi connectivity index (χ1n) is 16.3. The molecule has 12 heteroatoms. The first-order valence-corrected chi connectivity index (χ1v) is 16.3. The number of nitrogens with two attached hydrogens (primary N) is 1.